The number of benzene rings is 3. The molecule has 0 aliphatic carbocycles. The molecular weight excluding hydrogens is 358 g/mol. The second-order valence-electron chi connectivity index (χ2n) is 5.48. The minimum Gasteiger partial charge on any atom is -0.311 e. The lowest BCUT2D eigenvalue weighted by molar-refractivity contribution is 1.27. The molecule has 3 aromatic rings. The van der Waals surface area contributed by atoms with Gasteiger partial charge in [0.15, 0.2) is 0 Å². The van der Waals surface area contributed by atoms with Crippen LogP contribution in [0.25, 0.3) is 0 Å². The van der Waals surface area contributed by atoms with Crippen LogP contribution in [0.5, 0.6) is 0 Å². The van der Waals surface area contributed by atoms with E-state index in [0.29, 0.717) is 0 Å². The Morgan fingerprint density at radius 3 is 1.17 bits per heavy atom. The Bertz CT molecular complexity index is 635. The zero-order chi connectivity index (χ0) is 17.5. The van der Waals surface area contributed by atoms with Crippen molar-refractivity contribution in [3.05, 3.63) is 88.4 Å². The molecule has 0 saturated carbocycles. The van der Waals surface area contributed by atoms with Gasteiger partial charge in [-0.2, -0.15) is 0 Å². The van der Waals surface area contributed by atoms with Crippen LogP contribution in [0.1, 0.15) is 25.0 Å². The van der Waals surface area contributed by atoms with Gasteiger partial charge in [0.2, 0.25) is 0 Å². The van der Waals surface area contributed by atoms with E-state index in [1.807, 2.05) is 13.8 Å². The summed E-state index contributed by atoms with van der Waals surface area (Å²) in [6.07, 6.45) is 0. The standard InChI is InChI=1S/C20H18BrN.C2H6/c1-15-3-9-18(10-4-15)22(19-11-5-16(2)6-12-19)20-13-7-17(21)8-14-20;1-2/h3-14H,1-2H3;1-2H3. The van der Waals surface area contributed by atoms with Gasteiger partial charge in [-0.05, 0) is 62.4 Å². The van der Waals surface area contributed by atoms with Gasteiger partial charge in [0.1, 0.15) is 0 Å². The van der Waals surface area contributed by atoms with E-state index in [1.54, 1.807) is 0 Å². The molecule has 0 aliphatic rings. The first kappa shape index (κ1) is 18.3. The second-order valence-corrected chi connectivity index (χ2v) is 6.40. The SMILES string of the molecule is CC.Cc1ccc(N(c2ccc(C)cc2)c2ccc(Br)cc2)cc1. The van der Waals surface area contributed by atoms with Crippen LogP contribution in [0.3, 0.4) is 0 Å². The Morgan fingerprint density at radius 1 is 0.542 bits per heavy atom. The van der Waals surface area contributed by atoms with Crippen LogP contribution in [0.4, 0.5) is 17.1 Å². The Hall–Kier alpha value is -2.06. The third-order valence-corrected chi connectivity index (χ3v) is 4.20. The topological polar surface area (TPSA) is 3.24 Å². The van der Waals surface area contributed by atoms with Crippen LogP contribution in [0.15, 0.2) is 77.3 Å². The van der Waals surface area contributed by atoms with Crippen molar-refractivity contribution in [1.82, 2.24) is 0 Å². The van der Waals surface area contributed by atoms with Crippen LogP contribution >= 0.6 is 15.9 Å². The minimum absolute atomic E-state index is 1.09. The van der Waals surface area contributed by atoms with Crippen LogP contribution in [0, 0.1) is 13.8 Å². The molecule has 0 spiro atoms. The Kier molecular flexibility index (Phi) is 6.62. The monoisotopic (exact) mass is 381 g/mol. The predicted octanol–water partition coefficient (Wildman–Crippen LogP) is 7.56. The number of anilines is 3. The summed E-state index contributed by atoms with van der Waals surface area (Å²) in [5.41, 5.74) is 6.01. The number of nitrogens with zero attached hydrogens (tertiary/aromatic N) is 1. The molecule has 0 amide bonds. The van der Waals surface area contributed by atoms with E-state index in [9.17, 15) is 0 Å². The Labute approximate surface area is 154 Å². The van der Waals surface area contributed by atoms with Gasteiger partial charge >= 0.3 is 0 Å². The maximum atomic E-state index is 3.51. The molecular formula is C22H24BrN. The highest BCUT2D eigenvalue weighted by Gasteiger charge is 2.11. The van der Waals surface area contributed by atoms with Crippen molar-refractivity contribution >= 4 is 33.0 Å². The van der Waals surface area contributed by atoms with E-state index in [1.165, 1.54) is 11.1 Å². The molecule has 0 unspecified atom stereocenters. The van der Waals surface area contributed by atoms with E-state index in [0.717, 1.165) is 21.5 Å². The number of halogens is 1. The molecule has 124 valence electrons. The van der Waals surface area contributed by atoms with Gasteiger partial charge in [-0.15, -0.1) is 0 Å². The third kappa shape index (κ3) is 4.48. The molecule has 0 heterocycles. The average molecular weight is 382 g/mol. The van der Waals surface area contributed by atoms with Crippen molar-refractivity contribution < 1.29 is 0 Å². The van der Waals surface area contributed by atoms with Gasteiger partial charge in [0.25, 0.3) is 0 Å². The van der Waals surface area contributed by atoms with Crippen LogP contribution in [0.2, 0.25) is 0 Å². The van der Waals surface area contributed by atoms with Crippen molar-refractivity contribution in [3.8, 4) is 0 Å². The predicted molar refractivity (Wildman–Crippen MR) is 110 cm³/mol. The number of hydrogen-bond acceptors (Lipinski definition) is 1. The molecule has 1 nitrogen and oxygen atoms in total. The quantitative estimate of drug-likeness (QED) is 0.452. The van der Waals surface area contributed by atoms with Crippen LogP contribution in [-0.2, 0) is 0 Å². The molecule has 2 heteroatoms. The lowest BCUT2D eigenvalue weighted by Crippen LogP contribution is -2.09. The number of rotatable bonds is 3. The molecule has 0 radical (unpaired) electrons. The summed E-state index contributed by atoms with van der Waals surface area (Å²) in [7, 11) is 0. The largest absolute Gasteiger partial charge is 0.311 e. The summed E-state index contributed by atoms with van der Waals surface area (Å²) >= 11 is 3.51. The molecule has 3 aromatic carbocycles. The highest BCUT2D eigenvalue weighted by molar-refractivity contribution is 9.10. The highest BCUT2D eigenvalue weighted by atomic mass is 79.9. The molecule has 24 heavy (non-hydrogen) atoms. The van der Waals surface area contributed by atoms with Crippen LogP contribution in [-0.4, -0.2) is 0 Å². The van der Waals surface area contributed by atoms with Gasteiger partial charge in [-0.1, -0.05) is 65.2 Å². The lowest BCUT2D eigenvalue weighted by Gasteiger charge is -2.25. The smallest absolute Gasteiger partial charge is 0.0462 e. The number of aryl methyl sites for hydroxylation is 2. The van der Waals surface area contributed by atoms with Crippen molar-refractivity contribution in [2.75, 3.05) is 4.90 Å². The lowest BCUT2D eigenvalue weighted by atomic mass is 10.1. The van der Waals surface area contributed by atoms with E-state index in [4.69, 9.17) is 0 Å². The molecule has 0 bridgehead atoms. The summed E-state index contributed by atoms with van der Waals surface area (Å²) in [6.45, 7) is 8.22. The van der Waals surface area contributed by atoms with E-state index in [2.05, 4.69) is 107 Å². The maximum Gasteiger partial charge on any atom is 0.0462 e. The molecule has 3 rings (SSSR count). The van der Waals surface area contributed by atoms with E-state index in [-0.39, 0.29) is 0 Å². The molecule has 0 fully saturated rings. The van der Waals surface area contributed by atoms with Crippen molar-refractivity contribution in [2.24, 2.45) is 0 Å². The molecule has 0 N–H and O–H groups in total. The van der Waals surface area contributed by atoms with Crippen molar-refractivity contribution in [3.63, 3.8) is 0 Å². The minimum atomic E-state index is 1.09. The highest BCUT2D eigenvalue weighted by Crippen LogP contribution is 2.35. The molecule has 0 saturated heterocycles. The first-order valence-corrected chi connectivity index (χ1v) is 9.12. The van der Waals surface area contributed by atoms with Gasteiger partial charge in [-0.25, -0.2) is 0 Å². The fourth-order valence-corrected chi connectivity index (χ4v) is 2.69. The third-order valence-electron chi connectivity index (χ3n) is 3.67. The van der Waals surface area contributed by atoms with Gasteiger partial charge in [0.05, 0.1) is 0 Å². The fourth-order valence-electron chi connectivity index (χ4n) is 2.43. The van der Waals surface area contributed by atoms with Gasteiger partial charge < -0.3 is 4.90 Å². The Morgan fingerprint density at radius 2 is 0.833 bits per heavy atom. The molecule has 0 aliphatic heterocycles. The normalized spacial score (nSPS) is 9.88. The summed E-state index contributed by atoms with van der Waals surface area (Å²) in [4.78, 5) is 2.27. The fraction of sp³-hybridized carbons (Fsp3) is 0.182. The van der Waals surface area contributed by atoms with Crippen molar-refractivity contribution in [1.29, 1.82) is 0 Å². The first-order valence-electron chi connectivity index (χ1n) is 8.32. The van der Waals surface area contributed by atoms with E-state index >= 15 is 0 Å². The van der Waals surface area contributed by atoms with Gasteiger partial charge in [-0.3, -0.25) is 0 Å². The zero-order valence-corrected chi connectivity index (χ0v) is 16.3. The molecule has 0 aromatic heterocycles. The summed E-state index contributed by atoms with van der Waals surface area (Å²) in [5, 5.41) is 0. The van der Waals surface area contributed by atoms with Gasteiger partial charge in [0, 0.05) is 21.5 Å². The van der Waals surface area contributed by atoms with E-state index < -0.39 is 0 Å². The zero-order valence-electron chi connectivity index (χ0n) is 14.8. The summed E-state index contributed by atoms with van der Waals surface area (Å²) in [5.74, 6) is 0. The summed E-state index contributed by atoms with van der Waals surface area (Å²) < 4.78 is 1.09. The maximum absolute atomic E-state index is 3.51. The molecule has 0 atom stereocenters. The number of hydrogen-bond donors (Lipinski definition) is 0. The first-order chi connectivity index (χ1) is 11.6. The summed E-state index contributed by atoms with van der Waals surface area (Å²) in [6, 6.07) is 25.7. The Balaban J connectivity index is 0.00000100. The second kappa shape index (κ2) is 8.70. The van der Waals surface area contributed by atoms with Crippen molar-refractivity contribution in [2.45, 2.75) is 27.7 Å². The average Bonchev–Trinajstić information content (AvgIpc) is 2.62. The van der Waals surface area contributed by atoms with Crippen LogP contribution < -0.4 is 4.90 Å².